The molecular weight excluding hydrogens is 734 g/mol. The standard InChI is InChI=1S/C48H99P.HI/c1-5-9-11-13-15-17-19-21-23-25-27-29-31-33-35-37-39-41-43-45-47(7-3)49-48(8-4)46-44-42-40-38-36-34-32-30-28-26-24-22-20-18-16-14-12-10-6-2;/h47-49H,5-46H2,1-4H3;1H. The van der Waals surface area contributed by atoms with E-state index in [-0.39, 0.29) is 24.0 Å². The largest absolute Gasteiger partial charge is 0.116 e. The molecule has 0 amide bonds. The first kappa shape index (κ1) is 53.3. The van der Waals surface area contributed by atoms with Crippen molar-refractivity contribution in [2.75, 3.05) is 0 Å². The predicted molar refractivity (Wildman–Crippen MR) is 248 cm³/mol. The van der Waals surface area contributed by atoms with Crippen LogP contribution in [0, 0.1) is 0 Å². The summed E-state index contributed by atoms with van der Waals surface area (Å²) in [4.78, 5) is 0. The van der Waals surface area contributed by atoms with E-state index in [1.54, 1.807) is 0 Å². The van der Waals surface area contributed by atoms with Gasteiger partial charge in [-0.2, -0.15) is 0 Å². The lowest BCUT2D eigenvalue weighted by molar-refractivity contribution is 0.519. The fraction of sp³-hybridized carbons (Fsp3) is 1.00. The first-order valence-corrected chi connectivity index (χ1v) is 25.2. The lowest BCUT2D eigenvalue weighted by atomic mass is 10.0. The molecule has 0 fully saturated rings. The molecule has 0 N–H and O–H groups in total. The maximum absolute atomic E-state index is 2.47. The molecule has 0 nitrogen and oxygen atoms in total. The molecule has 2 atom stereocenters. The summed E-state index contributed by atoms with van der Waals surface area (Å²) in [7, 11) is 1.24. The van der Waals surface area contributed by atoms with Crippen LogP contribution in [0.15, 0.2) is 0 Å². The molecule has 0 bridgehead atoms. The molecule has 0 aromatic carbocycles. The molecule has 0 aliphatic heterocycles. The highest BCUT2D eigenvalue weighted by molar-refractivity contribution is 14.0. The summed E-state index contributed by atoms with van der Waals surface area (Å²) in [5.41, 5.74) is 2.05. The Bertz CT molecular complexity index is 516. The number of hydrogen-bond acceptors (Lipinski definition) is 0. The highest BCUT2D eigenvalue weighted by atomic mass is 127. The van der Waals surface area contributed by atoms with E-state index in [0.717, 1.165) is 11.3 Å². The van der Waals surface area contributed by atoms with Gasteiger partial charge in [-0.15, -0.1) is 32.6 Å². The van der Waals surface area contributed by atoms with Crippen molar-refractivity contribution in [3.8, 4) is 0 Å². The molecule has 2 unspecified atom stereocenters. The van der Waals surface area contributed by atoms with Gasteiger partial charge in [0.05, 0.1) is 0 Å². The SMILES string of the molecule is CCCCCCCCCCCCCCCCCCCCCC(CC)PC(CC)CCCCCCCCCCCCCCCCCCCCC.I. The second-order valence-electron chi connectivity index (χ2n) is 16.7. The molecule has 0 rings (SSSR count). The first-order valence-electron chi connectivity index (χ1n) is 24.0. The maximum atomic E-state index is 2.47. The Labute approximate surface area is 339 Å². The van der Waals surface area contributed by atoms with Crippen molar-refractivity contribution in [1.82, 2.24) is 0 Å². The minimum atomic E-state index is 0. The van der Waals surface area contributed by atoms with Crippen molar-refractivity contribution in [2.45, 2.75) is 309 Å². The fourth-order valence-electron chi connectivity index (χ4n) is 8.08. The monoisotopic (exact) mass is 835 g/mol. The van der Waals surface area contributed by atoms with Crippen molar-refractivity contribution < 1.29 is 0 Å². The third-order valence-corrected chi connectivity index (χ3v) is 14.1. The van der Waals surface area contributed by atoms with E-state index in [0.29, 0.717) is 0 Å². The number of halogens is 1. The Morgan fingerprint density at radius 2 is 0.400 bits per heavy atom. The van der Waals surface area contributed by atoms with Gasteiger partial charge >= 0.3 is 0 Å². The van der Waals surface area contributed by atoms with Crippen LogP contribution >= 0.6 is 32.6 Å². The van der Waals surface area contributed by atoms with Crippen LogP contribution in [-0.4, -0.2) is 11.3 Å². The van der Waals surface area contributed by atoms with Gasteiger partial charge in [0.1, 0.15) is 0 Å². The minimum absolute atomic E-state index is 0. The highest BCUT2D eigenvalue weighted by Crippen LogP contribution is 2.36. The smallest absolute Gasteiger partial charge is 0.0237 e. The molecule has 0 saturated heterocycles. The second-order valence-corrected chi connectivity index (χ2v) is 18.6. The molecule has 0 radical (unpaired) electrons. The van der Waals surface area contributed by atoms with Crippen LogP contribution in [0.5, 0.6) is 0 Å². The van der Waals surface area contributed by atoms with Crippen LogP contribution in [0.25, 0.3) is 0 Å². The third kappa shape index (κ3) is 43.6. The van der Waals surface area contributed by atoms with Crippen molar-refractivity contribution in [2.24, 2.45) is 0 Å². The number of unbranched alkanes of at least 4 members (excludes halogenated alkanes) is 36. The molecular formula is C48H100IP. The van der Waals surface area contributed by atoms with E-state index >= 15 is 0 Å². The highest BCUT2D eigenvalue weighted by Gasteiger charge is 2.13. The van der Waals surface area contributed by atoms with Crippen LogP contribution in [0.3, 0.4) is 0 Å². The molecule has 0 aromatic rings. The van der Waals surface area contributed by atoms with E-state index in [1.807, 2.05) is 0 Å². The zero-order valence-corrected chi connectivity index (χ0v) is 39.1. The molecule has 0 aliphatic rings. The molecule has 0 aliphatic carbocycles. The number of hydrogen-bond donors (Lipinski definition) is 0. The van der Waals surface area contributed by atoms with Crippen LogP contribution in [-0.2, 0) is 0 Å². The lowest BCUT2D eigenvalue weighted by Gasteiger charge is -2.22. The summed E-state index contributed by atoms with van der Waals surface area (Å²) in [5, 5.41) is 0. The summed E-state index contributed by atoms with van der Waals surface area (Å²) in [6.07, 6.45) is 62.2. The van der Waals surface area contributed by atoms with Crippen LogP contribution < -0.4 is 0 Å². The Kier molecular flexibility index (Phi) is 51.3. The summed E-state index contributed by atoms with van der Waals surface area (Å²) in [5.74, 6) is 0. The Balaban J connectivity index is 0. The molecule has 0 aromatic heterocycles. The first-order chi connectivity index (χ1) is 24.3. The normalized spacial score (nSPS) is 13.0. The van der Waals surface area contributed by atoms with Gasteiger partial charge in [0, 0.05) is 0 Å². The topological polar surface area (TPSA) is 0 Å². The van der Waals surface area contributed by atoms with Crippen molar-refractivity contribution in [3.05, 3.63) is 0 Å². The summed E-state index contributed by atoms with van der Waals surface area (Å²) in [6, 6.07) is 0. The van der Waals surface area contributed by atoms with E-state index in [2.05, 4.69) is 27.7 Å². The zero-order valence-electron chi connectivity index (χ0n) is 35.8. The van der Waals surface area contributed by atoms with Gasteiger partial charge in [0.25, 0.3) is 0 Å². The quantitative estimate of drug-likeness (QED) is 0.0326. The van der Waals surface area contributed by atoms with Gasteiger partial charge in [-0.25, -0.2) is 0 Å². The van der Waals surface area contributed by atoms with Crippen molar-refractivity contribution in [1.29, 1.82) is 0 Å². The van der Waals surface area contributed by atoms with E-state index in [1.165, 1.54) is 278 Å². The average Bonchev–Trinajstić information content (AvgIpc) is 3.12. The average molecular weight is 835 g/mol. The minimum Gasteiger partial charge on any atom is -0.116 e. The Hall–Kier alpha value is 1.16. The molecule has 50 heavy (non-hydrogen) atoms. The maximum Gasteiger partial charge on any atom is -0.0237 e. The molecule has 0 spiro atoms. The van der Waals surface area contributed by atoms with Crippen LogP contribution in [0.4, 0.5) is 0 Å². The predicted octanol–water partition coefficient (Wildman–Crippen LogP) is 19.5. The number of rotatable bonds is 44. The van der Waals surface area contributed by atoms with Gasteiger partial charge in [0.2, 0.25) is 0 Å². The summed E-state index contributed by atoms with van der Waals surface area (Å²) >= 11 is 0. The van der Waals surface area contributed by atoms with E-state index in [4.69, 9.17) is 0 Å². The molecule has 2 heteroatoms. The van der Waals surface area contributed by atoms with Crippen LogP contribution in [0.2, 0.25) is 0 Å². The van der Waals surface area contributed by atoms with Crippen LogP contribution in [0.1, 0.15) is 297 Å². The van der Waals surface area contributed by atoms with E-state index < -0.39 is 0 Å². The van der Waals surface area contributed by atoms with Gasteiger partial charge < -0.3 is 0 Å². The van der Waals surface area contributed by atoms with Crippen molar-refractivity contribution >= 4 is 32.6 Å². The lowest BCUT2D eigenvalue weighted by Crippen LogP contribution is -2.08. The summed E-state index contributed by atoms with van der Waals surface area (Å²) < 4.78 is 0. The molecule has 304 valence electrons. The van der Waals surface area contributed by atoms with Gasteiger partial charge in [-0.3, -0.25) is 0 Å². The van der Waals surface area contributed by atoms with Gasteiger partial charge in [-0.05, 0) is 37.0 Å². The van der Waals surface area contributed by atoms with Crippen molar-refractivity contribution in [3.63, 3.8) is 0 Å². The Morgan fingerprint density at radius 1 is 0.240 bits per heavy atom. The Morgan fingerprint density at radius 3 is 0.560 bits per heavy atom. The molecule has 0 heterocycles. The second kappa shape index (κ2) is 48.2. The van der Waals surface area contributed by atoms with Gasteiger partial charge in [0.15, 0.2) is 0 Å². The summed E-state index contributed by atoms with van der Waals surface area (Å²) in [6.45, 7) is 9.57. The fourth-order valence-corrected chi connectivity index (χ4v) is 9.96. The van der Waals surface area contributed by atoms with Gasteiger partial charge in [-0.1, -0.05) is 272 Å². The molecule has 0 saturated carbocycles. The third-order valence-electron chi connectivity index (χ3n) is 11.8. The van der Waals surface area contributed by atoms with E-state index in [9.17, 15) is 0 Å². The zero-order chi connectivity index (χ0) is 35.6.